The number of amides is 1. The van der Waals surface area contributed by atoms with E-state index >= 15 is 0 Å². The van der Waals surface area contributed by atoms with Crippen LogP contribution in [-0.2, 0) is 23.9 Å². The summed E-state index contributed by atoms with van der Waals surface area (Å²) in [5.41, 5.74) is 6.31. The fraction of sp³-hybridized carbons (Fsp3) is 0.409. The van der Waals surface area contributed by atoms with Gasteiger partial charge < -0.3 is 15.2 Å². The van der Waals surface area contributed by atoms with E-state index in [2.05, 4.69) is 0 Å². The summed E-state index contributed by atoms with van der Waals surface area (Å²) in [7, 11) is 0. The third kappa shape index (κ3) is 4.58. The van der Waals surface area contributed by atoms with Crippen molar-refractivity contribution in [3.05, 3.63) is 61.9 Å². The van der Waals surface area contributed by atoms with Gasteiger partial charge in [0.25, 0.3) is 5.69 Å². The Labute approximate surface area is 194 Å². The number of fused-ring (bicyclic) bond motifs is 1. The molecule has 2 aliphatic heterocycles. The second kappa shape index (κ2) is 10.1. The van der Waals surface area contributed by atoms with Crippen LogP contribution in [0, 0.1) is 10.1 Å². The summed E-state index contributed by atoms with van der Waals surface area (Å²) in [6, 6.07) is 5.60. The van der Waals surface area contributed by atoms with Crippen LogP contribution < -0.4 is 5.73 Å². The molecule has 1 aromatic rings. The van der Waals surface area contributed by atoms with Crippen LogP contribution in [0.15, 0.2) is 46.3 Å². The molecule has 3 rings (SSSR count). The maximum absolute atomic E-state index is 13.2. The van der Waals surface area contributed by atoms with Gasteiger partial charge in [0.2, 0.25) is 5.91 Å². The molecule has 0 aliphatic carbocycles. The van der Waals surface area contributed by atoms with Crippen LogP contribution in [0.3, 0.4) is 0 Å². The van der Waals surface area contributed by atoms with Crippen molar-refractivity contribution in [1.29, 1.82) is 0 Å². The number of carbonyl (C=O) groups is 3. The zero-order valence-electron chi connectivity index (χ0n) is 18.5. The molecule has 0 saturated carbocycles. The summed E-state index contributed by atoms with van der Waals surface area (Å²) in [5.74, 6) is -3.18. The first kappa shape index (κ1) is 24.3. The van der Waals surface area contributed by atoms with E-state index in [4.69, 9.17) is 15.2 Å². The average Bonchev–Trinajstić information content (AvgIpc) is 3.08. The minimum atomic E-state index is -1.10. The number of carbonyl (C=O) groups excluding carboxylic acids is 3. The minimum Gasteiger partial charge on any atom is -0.463 e. The van der Waals surface area contributed by atoms with Gasteiger partial charge in [0.15, 0.2) is 0 Å². The van der Waals surface area contributed by atoms with Crippen molar-refractivity contribution in [2.45, 2.75) is 44.8 Å². The summed E-state index contributed by atoms with van der Waals surface area (Å²) >= 11 is 1.12. The van der Waals surface area contributed by atoms with Gasteiger partial charge in [0.05, 0.1) is 45.5 Å². The van der Waals surface area contributed by atoms with Crippen molar-refractivity contribution in [2.75, 3.05) is 13.2 Å². The van der Waals surface area contributed by atoms with Crippen LogP contribution in [-0.4, -0.2) is 46.1 Å². The molecular weight excluding hydrogens is 450 g/mol. The quantitative estimate of drug-likeness (QED) is 0.260. The van der Waals surface area contributed by atoms with Crippen molar-refractivity contribution in [3.63, 3.8) is 0 Å². The Balaban J connectivity index is 2.26. The van der Waals surface area contributed by atoms with E-state index in [0.29, 0.717) is 6.42 Å². The van der Waals surface area contributed by atoms with Gasteiger partial charge in [-0.25, -0.2) is 9.59 Å². The lowest BCUT2D eigenvalue weighted by Crippen LogP contribution is -2.40. The number of benzene rings is 1. The van der Waals surface area contributed by atoms with Crippen LogP contribution in [0.5, 0.6) is 0 Å². The van der Waals surface area contributed by atoms with E-state index in [1.54, 1.807) is 19.9 Å². The molecule has 2 heterocycles. The normalized spacial score (nSPS) is 20.1. The van der Waals surface area contributed by atoms with Gasteiger partial charge in [-0.05, 0) is 25.8 Å². The molecule has 176 valence electrons. The monoisotopic (exact) mass is 475 g/mol. The highest BCUT2D eigenvalue weighted by Crippen LogP contribution is 2.50. The zero-order valence-corrected chi connectivity index (χ0v) is 19.3. The standard InChI is InChI=1S/C22H25N3O7S/c1-4-6-10-32-21(27)16-15(13-8-7-9-14(11-13)25(29)30)17(22(28)31-5-2)20-24(18(16)23)19(26)12(3)33-20/h7-9,11-12,15H,4-6,10,23H2,1-3H3/t12-,15+/m1/s1. The van der Waals surface area contributed by atoms with E-state index in [1.165, 1.54) is 18.2 Å². The Kier molecular flexibility index (Phi) is 7.42. The molecule has 0 radical (unpaired) electrons. The number of nitro groups is 1. The minimum absolute atomic E-state index is 0.0247. The van der Waals surface area contributed by atoms with Gasteiger partial charge in [-0.1, -0.05) is 37.2 Å². The number of non-ortho nitro benzene ring substituents is 1. The molecule has 0 unspecified atom stereocenters. The fourth-order valence-electron chi connectivity index (χ4n) is 3.68. The number of hydrogen-bond acceptors (Lipinski definition) is 9. The van der Waals surface area contributed by atoms with E-state index in [1.807, 2.05) is 6.92 Å². The molecule has 1 saturated heterocycles. The molecule has 33 heavy (non-hydrogen) atoms. The van der Waals surface area contributed by atoms with Gasteiger partial charge in [-0.2, -0.15) is 0 Å². The first-order valence-electron chi connectivity index (χ1n) is 10.6. The maximum atomic E-state index is 13.2. The van der Waals surface area contributed by atoms with Gasteiger partial charge in [0, 0.05) is 12.1 Å². The van der Waals surface area contributed by atoms with Crippen molar-refractivity contribution in [2.24, 2.45) is 5.73 Å². The number of rotatable bonds is 8. The third-order valence-corrected chi connectivity index (χ3v) is 6.43. The molecule has 1 amide bonds. The number of nitro benzene ring substituents is 1. The maximum Gasteiger partial charge on any atom is 0.338 e. The molecule has 1 fully saturated rings. The number of nitrogens with two attached hydrogens (primary N) is 1. The Bertz CT molecular complexity index is 1070. The van der Waals surface area contributed by atoms with Gasteiger partial charge in [-0.15, -0.1) is 0 Å². The number of ether oxygens (including phenoxy) is 2. The van der Waals surface area contributed by atoms with Crippen LogP contribution in [0.1, 0.15) is 45.1 Å². The predicted molar refractivity (Wildman–Crippen MR) is 120 cm³/mol. The molecule has 2 N–H and O–H groups in total. The first-order valence-corrected chi connectivity index (χ1v) is 11.4. The van der Waals surface area contributed by atoms with Gasteiger partial charge >= 0.3 is 11.9 Å². The Hall–Kier alpha value is -3.34. The Morgan fingerprint density at radius 1 is 1.21 bits per heavy atom. The van der Waals surface area contributed by atoms with Gasteiger partial charge in [-0.3, -0.25) is 19.8 Å². The summed E-state index contributed by atoms with van der Waals surface area (Å²) < 4.78 is 10.6. The largest absolute Gasteiger partial charge is 0.463 e. The molecule has 11 heteroatoms. The predicted octanol–water partition coefficient (Wildman–Crippen LogP) is 2.94. The number of esters is 2. The summed E-state index contributed by atoms with van der Waals surface area (Å²) in [6.45, 7) is 5.41. The van der Waals surface area contributed by atoms with Crippen molar-refractivity contribution >= 4 is 35.3 Å². The van der Waals surface area contributed by atoms with Gasteiger partial charge in [0.1, 0.15) is 5.82 Å². The zero-order chi connectivity index (χ0) is 24.3. The lowest BCUT2D eigenvalue weighted by atomic mass is 9.82. The average molecular weight is 476 g/mol. The topological polar surface area (TPSA) is 142 Å². The van der Waals surface area contributed by atoms with Crippen LogP contribution in [0.4, 0.5) is 5.69 Å². The van der Waals surface area contributed by atoms with E-state index < -0.39 is 28.0 Å². The van der Waals surface area contributed by atoms with E-state index in [0.717, 1.165) is 23.1 Å². The van der Waals surface area contributed by atoms with Crippen molar-refractivity contribution in [3.8, 4) is 0 Å². The lowest BCUT2D eigenvalue weighted by molar-refractivity contribution is -0.384. The molecule has 2 atom stereocenters. The highest BCUT2D eigenvalue weighted by Gasteiger charge is 2.49. The summed E-state index contributed by atoms with van der Waals surface area (Å²) in [4.78, 5) is 51.1. The van der Waals surface area contributed by atoms with E-state index in [9.17, 15) is 24.5 Å². The molecule has 0 spiro atoms. The summed E-state index contributed by atoms with van der Waals surface area (Å²) in [5, 5.41) is 11.1. The molecule has 0 bridgehead atoms. The van der Waals surface area contributed by atoms with Crippen molar-refractivity contribution < 1.29 is 28.8 Å². The molecule has 10 nitrogen and oxygen atoms in total. The van der Waals surface area contributed by atoms with Crippen molar-refractivity contribution in [1.82, 2.24) is 4.90 Å². The highest BCUT2D eigenvalue weighted by molar-refractivity contribution is 8.04. The molecule has 0 aromatic heterocycles. The highest BCUT2D eigenvalue weighted by atomic mass is 32.2. The van der Waals surface area contributed by atoms with E-state index in [-0.39, 0.29) is 52.4 Å². The Morgan fingerprint density at radius 3 is 2.55 bits per heavy atom. The Morgan fingerprint density at radius 2 is 1.91 bits per heavy atom. The number of hydrogen-bond donors (Lipinski definition) is 1. The molecule has 1 aromatic carbocycles. The lowest BCUT2D eigenvalue weighted by Gasteiger charge is -2.33. The summed E-state index contributed by atoms with van der Waals surface area (Å²) in [6.07, 6.45) is 1.40. The number of thioether (sulfide) groups is 1. The van der Waals surface area contributed by atoms with Crippen LogP contribution in [0.25, 0.3) is 0 Å². The second-order valence-corrected chi connectivity index (χ2v) is 8.78. The fourth-order valence-corrected chi connectivity index (χ4v) is 4.84. The smallest absolute Gasteiger partial charge is 0.338 e. The number of nitrogens with zero attached hydrogens (tertiary/aromatic N) is 2. The number of unbranched alkanes of at least 4 members (excludes halogenated alkanes) is 1. The molecule has 2 aliphatic rings. The third-order valence-electron chi connectivity index (χ3n) is 5.24. The SMILES string of the molecule is CCCCOC(=O)C1=C(N)N2C(=O)[C@@H](C)SC2=C(C(=O)OCC)[C@H]1c1cccc([N+](=O)[O-])c1. The van der Waals surface area contributed by atoms with Crippen LogP contribution >= 0.6 is 11.8 Å². The molecular formula is C22H25N3O7S. The van der Waals surface area contributed by atoms with Crippen LogP contribution in [0.2, 0.25) is 0 Å². The second-order valence-electron chi connectivity index (χ2n) is 7.45. The first-order chi connectivity index (χ1) is 15.7.